The highest BCUT2D eigenvalue weighted by Gasteiger charge is 2.49. The maximum Gasteiger partial charge on any atom is 0.178 e. The average Bonchev–Trinajstić information content (AvgIpc) is 2.74. The van der Waals surface area contributed by atoms with E-state index in [1.54, 1.807) is 21.3 Å². The third-order valence-corrected chi connectivity index (χ3v) is 4.17. The minimum absolute atomic E-state index is 0.0382. The summed E-state index contributed by atoms with van der Waals surface area (Å²) < 4.78 is 16.2. The lowest BCUT2D eigenvalue weighted by molar-refractivity contribution is 0.0475. The fourth-order valence-electron chi connectivity index (χ4n) is 3.38. The van der Waals surface area contributed by atoms with Gasteiger partial charge in [0.1, 0.15) is 11.2 Å². The van der Waals surface area contributed by atoms with E-state index in [1.807, 2.05) is 30.3 Å². The van der Waals surface area contributed by atoms with E-state index in [1.165, 1.54) is 0 Å². The third-order valence-electron chi connectivity index (χ3n) is 4.17. The predicted octanol–water partition coefficient (Wildman–Crippen LogP) is 2.58. The Bertz CT molecular complexity index is 699. The van der Waals surface area contributed by atoms with Crippen LogP contribution in [-0.2, 0) is 14.9 Å². The first-order valence-electron chi connectivity index (χ1n) is 6.82. The van der Waals surface area contributed by atoms with Crippen LogP contribution < -0.4 is 4.74 Å². The van der Waals surface area contributed by atoms with Gasteiger partial charge in [-0.15, -0.1) is 0 Å². The van der Waals surface area contributed by atoms with Crippen LogP contribution in [0.4, 0.5) is 0 Å². The van der Waals surface area contributed by atoms with E-state index in [0.29, 0.717) is 5.75 Å². The third kappa shape index (κ3) is 1.79. The van der Waals surface area contributed by atoms with Gasteiger partial charge in [-0.05, 0) is 11.5 Å². The standard InChI is InChI=1S/C17H18O4/c1-19-9-17(10-20-2)15-13(21-3)8-7-11-5-4-6-12(14(11)15)16(17)18/h4-8H,9-10H2,1-3H3. The number of carbonyl (C=O) groups excluding carboxylic acids is 1. The van der Waals surface area contributed by atoms with Gasteiger partial charge in [-0.3, -0.25) is 4.79 Å². The zero-order valence-corrected chi connectivity index (χ0v) is 12.4. The topological polar surface area (TPSA) is 44.8 Å². The van der Waals surface area contributed by atoms with E-state index in [4.69, 9.17) is 14.2 Å². The molecule has 0 saturated heterocycles. The van der Waals surface area contributed by atoms with E-state index in [9.17, 15) is 4.79 Å². The molecule has 0 atom stereocenters. The van der Waals surface area contributed by atoms with Crippen molar-refractivity contribution in [2.75, 3.05) is 34.5 Å². The number of Topliss-reactive ketones (excluding diaryl/α,β-unsaturated/α-hetero) is 1. The van der Waals surface area contributed by atoms with Crippen LogP contribution in [0.2, 0.25) is 0 Å². The van der Waals surface area contributed by atoms with Crippen LogP contribution in [0, 0.1) is 0 Å². The zero-order valence-electron chi connectivity index (χ0n) is 12.4. The number of carbonyl (C=O) groups is 1. The Morgan fingerprint density at radius 3 is 2.33 bits per heavy atom. The van der Waals surface area contributed by atoms with Crippen LogP contribution in [0.3, 0.4) is 0 Å². The fourth-order valence-corrected chi connectivity index (χ4v) is 3.38. The quantitative estimate of drug-likeness (QED) is 0.847. The van der Waals surface area contributed by atoms with Gasteiger partial charge in [0.15, 0.2) is 5.78 Å². The molecule has 2 aromatic carbocycles. The highest BCUT2D eigenvalue weighted by atomic mass is 16.5. The van der Waals surface area contributed by atoms with Crippen LogP contribution >= 0.6 is 0 Å². The van der Waals surface area contributed by atoms with Crippen molar-refractivity contribution < 1.29 is 19.0 Å². The summed E-state index contributed by atoms with van der Waals surface area (Å²) in [4.78, 5) is 13.0. The van der Waals surface area contributed by atoms with Gasteiger partial charge in [0.2, 0.25) is 0 Å². The Hall–Kier alpha value is -1.91. The first-order chi connectivity index (χ1) is 10.2. The molecule has 4 nitrogen and oxygen atoms in total. The molecular formula is C17H18O4. The zero-order chi connectivity index (χ0) is 15.0. The molecule has 0 radical (unpaired) electrons. The fraction of sp³-hybridized carbons (Fsp3) is 0.353. The molecule has 0 unspecified atom stereocenters. The summed E-state index contributed by atoms with van der Waals surface area (Å²) in [6.45, 7) is 0.535. The Balaban J connectivity index is 2.39. The minimum Gasteiger partial charge on any atom is -0.496 e. The highest BCUT2D eigenvalue weighted by molar-refractivity contribution is 6.21. The van der Waals surface area contributed by atoms with Gasteiger partial charge in [-0.1, -0.05) is 24.3 Å². The van der Waals surface area contributed by atoms with Gasteiger partial charge in [0.05, 0.1) is 20.3 Å². The monoisotopic (exact) mass is 286 g/mol. The molecule has 0 heterocycles. The van der Waals surface area contributed by atoms with E-state index in [2.05, 4.69) is 0 Å². The van der Waals surface area contributed by atoms with E-state index >= 15 is 0 Å². The number of rotatable bonds is 5. The predicted molar refractivity (Wildman–Crippen MR) is 80.3 cm³/mol. The summed E-state index contributed by atoms with van der Waals surface area (Å²) in [6, 6.07) is 9.65. The van der Waals surface area contributed by atoms with Gasteiger partial charge < -0.3 is 14.2 Å². The molecule has 0 N–H and O–H groups in total. The average molecular weight is 286 g/mol. The lowest BCUT2D eigenvalue weighted by Crippen LogP contribution is -2.41. The molecule has 3 rings (SSSR count). The number of hydrogen-bond acceptors (Lipinski definition) is 4. The van der Waals surface area contributed by atoms with Crippen molar-refractivity contribution in [3.8, 4) is 5.75 Å². The highest BCUT2D eigenvalue weighted by Crippen LogP contribution is 2.47. The van der Waals surface area contributed by atoms with Crippen molar-refractivity contribution in [1.82, 2.24) is 0 Å². The van der Waals surface area contributed by atoms with Crippen LogP contribution in [0.1, 0.15) is 15.9 Å². The van der Waals surface area contributed by atoms with Gasteiger partial charge in [-0.25, -0.2) is 0 Å². The number of ketones is 1. The molecule has 0 bridgehead atoms. The van der Waals surface area contributed by atoms with Crippen LogP contribution in [0.15, 0.2) is 30.3 Å². The first kappa shape index (κ1) is 14.0. The molecular weight excluding hydrogens is 268 g/mol. The summed E-state index contributed by atoms with van der Waals surface area (Å²) >= 11 is 0. The lowest BCUT2D eigenvalue weighted by atomic mass is 9.81. The van der Waals surface area contributed by atoms with Gasteiger partial charge in [0.25, 0.3) is 0 Å². The van der Waals surface area contributed by atoms with Gasteiger partial charge >= 0.3 is 0 Å². The summed E-state index contributed by atoms with van der Waals surface area (Å²) in [5.41, 5.74) is 0.764. The number of methoxy groups -OCH3 is 3. The van der Waals surface area contributed by atoms with Crippen LogP contribution in [0.5, 0.6) is 5.75 Å². The maximum atomic E-state index is 13.0. The van der Waals surface area contributed by atoms with Crippen LogP contribution in [-0.4, -0.2) is 40.3 Å². The van der Waals surface area contributed by atoms with E-state index in [-0.39, 0.29) is 19.0 Å². The molecule has 2 aromatic rings. The first-order valence-corrected chi connectivity index (χ1v) is 6.82. The molecule has 1 aliphatic rings. The largest absolute Gasteiger partial charge is 0.496 e. The molecule has 0 saturated carbocycles. The van der Waals surface area contributed by atoms with E-state index < -0.39 is 5.41 Å². The molecule has 0 fully saturated rings. The Kier molecular flexibility index (Phi) is 3.43. The SMILES string of the molecule is COCC1(COC)C(=O)c2cccc3ccc(OC)c1c23. The van der Waals surface area contributed by atoms with Crippen molar-refractivity contribution in [2.45, 2.75) is 5.41 Å². The summed E-state index contributed by atoms with van der Waals surface area (Å²) in [7, 11) is 4.81. The van der Waals surface area contributed by atoms with E-state index in [0.717, 1.165) is 21.9 Å². The molecule has 0 amide bonds. The van der Waals surface area contributed by atoms with Crippen molar-refractivity contribution in [2.24, 2.45) is 0 Å². The van der Waals surface area contributed by atoms with Crippen molar-refractivity contribution >= 4 is 16.6 Å². The molecule has 0 spiro atoms. The molecule has 0 aromatic heterocycles. The van der Waals surface area contributed by atoms with Crippen LogP contribution in [0.25, 0.3) is 10.8 Å². The molecule has 0 aliphatic heterocycles. The Morgan fingerprint density at radius 2 is 1.71 bits per heavy atom. The molecule has 4 heteroatoms. The second kappa shape index (κ2) is 5.13. The molecule has 1 aliphatic carbocycles. The van der Waals surface area contributed by atoms with Crippen molar-refractivity contribution in [1.29, 1.82) is 0 Å². The molecule has 110 valence electrons. The van der Waals surface area contributed by atoms with Crippen molar-refractivity contribution in [3.05, 3.63) is 41.5 Å². The minimum atomic E-state index is -0.835. The second-order valence-corrected chi connectivity index (χ2v) is 5.32. The number of hydrogen-bond donors (Lipinski definition) is 0. The summed E-state index contributed by atoms with van der Waals surface area (Å²) in [5, 5.41) is 1.99. The number of ether oxygens (including phenoxy) is 3. The normalized spacial score (nSPS) is 15.7. The van der Waals surface area contributed by atoms with Gasteiger partial charge in [-0.2, -0.15) is 0 Å². The smallest absolute Gasteiger partial charge is 0.178 e. The summed E-state index contributed by atoms with van der Waals surface area (Å²) in [5.74, 6) is 0.742. The maximum absolute atomic E-state index is 13.0. The molecule has 21 heavy (non-hydrogen) atoms. The second-order valence-electron chi connectivity index (χ2n) is 5.32. The lowest BCUT2D eigenvalue weighted by Gasteiger charge is -2.28. The Morgan fingerprint density at radius 1 is 1.00 bits per heavy atom. The summed E-state index contributed by atoms with van der Waals surface area (Å²) in [6.07, 6.45) is 0. The van der Waals surface area contributed by atoms with Gasteiger partial charge in [0, 0.05) is 30.7 Å². The van der Waals surface area contributed by atoms with Crippen molar-refractivity contribution in [3.63, 3.8) is 0 Å². The number of benzene rings is 2. The Labute approximate surface area is 123 Å².